The summed E-state index contributed by atoms with van der Waals surface area (Å²) < 4.78 is 23.1. The molecule has 1 rings (SSSR count). The molecule has 8 heteroatoms. The van der Waals surface area contributed by atoms with Crippen LogP contribution in [0.2, 0.25) is 0 Å². The highest BCUT2D eigenvalue weighted by Gasteiger charge is 2.28. The van der Waals surface area contributed by atoms with Crippen molar-refractivity contribution in [1.82, 2.24) is 5.32 Å². The van der Waals surface area contributed by atoms with Crippen LogP contribution < -0.4 is 10.5 Å². The second-order valence-corrected chi connectivity index (χ2v) is 6.75. The summed E-state index contributed by atoms with van der Waals surface area (Å²) in [4.78, 5) is 23.2. The first-order valence-corrected chi connectivity index (χ1v) is 8.29. The predicted molar refractivity (Wildman–Crippen MR) is 80.9 cm³/mol. The minimum Gasteiger partial charge on any atom is -0.480 e. The Labute approximate surface area is 129 Å². The Hall–Kier alpha value is -1.93. The van der Waals surface area contributed by atoms with Crippen molar-refractivity contribution in [3.05, 3.63) is 29.3 Å². The summed E-state index contributed by atoms with van der Waals surface area (Å²) in [7, 11) is -4.09. The molecule has 0 saturated carbocycles. The lowest BCUT2D eigenvalue weighted by Crippen LogP contribution is -2.45. The van der Waals surface area contributed by atoms with Crippen molar-refractivity contribution in [2.24, 2.45) is 11.1 Å². The van der Waals surface area contributed by atoms with Crippen LogP contribution >= 0.6 is 0 Å². The maximum absolute atomic E-state index is 12.3. The van der Waals surface area contributed by atoms with Crippen LogP contribution in [0.25, 0.3) is 0 Å². The lowest BCUT2D eigenvalue weighted by molar-refractivity contribution is -0.140. The molecule has 1 aromatic carbocycles. The average Bonchev–Trinajstić information content (AvgIpc) is 2.41. The number of carboxylic acids is 1. The monoisotopic (exact) mass is 328 g/mol. The SMILES string of the molecule is CC[C@H](C)[C@H](NC(=O)c1cc(C)ccc1S(N)(=O)=O)C(=O)O. The van der Waals surface area contributed by atoms with Crippen LogP contribution in [-0.4, -0.2) is 31.4 Å². The molecule has 0 heterocycles. The number of carbonyl (C=O) groups is 2. The van der Waals surface area contributed by atoms with Gasteiger partial charge < -0.3 is 10.4 Å². The summed E-state index contributed by atoms with van der Waals surface area (Å²) in [5, 5.41) is 16.7. The topological polar surface area (TPSA) is 127 Å². The van der Waals surface area contributed by atoms with E-state index in [2.05, 4.69) is 5.32 Å². The fourth-order valence-corrected chi connectivity index (χ4v) is 2.69. The number of rotatable bonds is 6. The number of carboxylic acid groups (broad SMARTS) is 1. The standard InChI is InChI=1S/C14H20N2O5S/c1-4-9(3)12(14(18)19)16-13(17)10-7-8(2)5-6-11(10)22(15,20)21/h5-7,9,12H,4H2,1-3H3,(H,16,17)(H,18,19)(H2,15,20,21)/t9-,12-/m0/s1. The van der Waals surface area contributed by atoms with Gasteiger partial charge in [-0.2, -0.15) is 0 Å². The van der Waals surface area contributed by atoms with Crippen molar-refractivity contribution < 1.29 is 23.1 Å². The summed E-state index contributed by atoms with van der Waals surface area (Å²) in [6.45, 7) is 5.18. The minimum atomic E-state index is -4.09. The Bertz CT molecular complexity index is 684. The first kappa shape index (κ1) is 18.1. The molecule has 2 atom stereocenters. The molecule has 4 N–H and O–H groups in total. The summed E-state index contributed by atoms with van der Waals surface area (Å²) >= 11 is 0. The van der Waals surface area contributed by atoms with Gasteiger partial charge >= 0.3 is 5.97 Å². The van der Waals surface area contributed by atoms with E-state index >= 15 is 0 Å². The van der Waals surface area contributed by atoms with Gasteiger partial charge in [0.1, 0.15) is 6.04 Å². The fourth-order valence-electron chi connectivity index (χ4n) is 1.97. The molecule has 1 amide bonds. The zero-order chi connectivity index (χ0) is 17.1. The van der Waals surface area contributed by atoms with Crippen molar-refractivity contribution in [1.29, 1.82) is 0 Å². The molecule has 1 aromatic rings. The van der Waals surface area contributed by atoms with Crippen LogP contribution in [0.15, 0.2) is 23.1 Å². The molecule has 0 bridgehead atoms. The molecule has 0 aliphatic heterocycles. The third-order valence-corrected chi connectivity index (χ3v) is 4.42. The number of carbonyl (C=O) groups excluding carboxylic acids is 1. The maximum atomic E-state index is 12.3. The lowest BCUT2D eigenvalue weighted by Gasteiger charge is -2.20. The third-order valence-electron chi connectivity index (χ3n) is 3.45. The molecule has 0 aliphatic carbocycles. The number of amides is 1. The molecular weight excluding hydrogens is 308 g/mol. The third kappa shape index (κ3) is 4.28. The summed E-state index contributed by atoms with van der Waals surface area (Å²) in [5.74, 6) is -2.25. The van der Waals surface area contributed by atoms with Crippen LogP contribution in [0, 0.1) is 12.8 Å². The van der Waals surface area contributed by atoms with Gasteiger partial charge in [-0.15, -0.1) is 0 Å². The van der Waals surface area contributed by atoms with Gasteiger partial charge in [0.15, 0.2) is 0 Å². The first-order chi connectivity index (χ1) is 10.1. The summed E-state index contributed by atoms with van der Waals surface area (Å²) in [6, 6.07) is 3.01. The van der Waals surface area contributed by atoms with Crippen molar-refractivity contribution in [2.75, 3.05) is 0 Å². The van der Waals surface area contributed by atoms with Crippen LogP contribution in [0.1, 0.15) is 36.2 Å². The van der Waals surface area contributed by atoms with Gasteiger partial charge in [-0.1, -0.05) is 31.9 Å². The van der Waals surface area contributed by atoms with E-state index in [0.29, 0.717) is 12.0 Å². The van der Waals surface area contributed by atoms with Gasteiger partial charge in [0.05, 0.1) is 10.5 Å². The molecule has 7 nitrogen and oxygen atoms in total. The van der Waals surface area contributed by atoms with Gasteiger partial charge in [-0.05, 0) is 25.0 Å². The van der Waals surface area contributed by atoms with Crippen LogP contribution in [0.4, 0.5) is 0 Å². The van der Waals surface area contributed by atoms with Gasteiger partial charge in [0, 0.05) is 0 Å². The van der Waals surface area contributed by atoms with Gasteiger partial charge in [0.2, 0.25) is 10.0 Å². The summed E-state index contributed by atoms with van der Waals surface area (Å²) in [6.07, 6.45) is 0.549. The minimum absolute atomic E-state index is 0.156. The number of aryl methyl sites for hydroxylation is 1. The van der Waals surface area contributed by atoms with Crippen molar-refractivity contribution >= 4 is 21.9 Å². The molecule has 0 spiro atoms. The van der Waals surface area contributed by atoms with Crippen molar-refractivity contribution in [2.45, 2.75) is 38.1 Å². The molecule has 0 radical (unpaired) electrons. The van der Waals surface area contributed by atoms with Crippen LogP contribution in [0.5, 0.6) is 0 Å². The zero-order valence-electron chi connectivity index (χ0n) is 12.7. The van der Waals surface area contributed by atoms with Gasteiger partial charge in [0.25, 0.3) is 5.91 Å². The number of hydrogen-bond acceptors (Lipinski definition) is 4. The fraction of sp³-hybridized carbons (Fsp3) is 0.429. The van der Waals surface area contributed by atoms with E-state index in [1.54, 1.807) is 20.8 Å². The first-order valence-electron chi connectivity index (χ1n) is 6.75. The molecule has 22 heavy (non-hydrogen) atoms. The molecular formula is C14H20N2O5S. The van der Waals surface area contributed by atoms with Gasteiger partial charge in [-0.3, -0.25) is 4.79 Å². The van der Waals surface area contributed by atoms with E-state index in [1.807, 2.05) is 0 Å². The molecule has 122 valence electrons. The second kappa shape index (κ2) is 6.89. The highest BCUT2D eigenvalue weighted by molar-refractivity contribution is 7.89. The Morgan fingerprint density at radius 1 is 1.36 bits per heavy atom. The van der Waals surface area contributed by atoms with Crippen LogP contribution in [0.3, 0.4) is 0 Å². The smallest absolute Gasteiger partial charge is 0.326 e. The van der Waals surface area contributed by atoms with E-state index in [0.717, 1.165) is 0 Å². The second-order valence-electron chi connectivity index (χ2n) is 5.22. The van der Waals surface area contributed by atoms with E-state index in [1.165, 1.54) is 18.2 Å². The average molecular weight is 328 g/mol. The number of nitrogens with one attached hydrogen (secondary N) is 1. The van der Waals surface area contributed by atoms with Gasteiger partial charge in [-0.25, -0.2) is 18.4 Å². The van der Waals surface area contributed by atoms with E-state index in [4.69, 9.17) is 5.14 Å². The Kier molecular flexibility index (Phi) is 5.67. The predicted octanol–water partition coefficient (Wildman–Crippen LogP) is 0.872. The van der Waals surface area contributed by atoms with E-state index in [-0.39, 0.29) is 16.4 Å². The highest BCUT2D eigenvalue weighted by atomic mass is 32.2. The molecule has 0 fully saturated rings. The summed E-state index contributed by atoms with van der Waals surface area (Å²) in [5.41, 5.74) is 0.505. The number of aliphatic carboxylic acids is 1. The molecule has 0 saturated heterocycles. The number of hydrogen-bond donors (Lipinski definition) is 3. The number of sulfonamides is 1. The largest absolute Gasteiger partial charge is 0.480 e. The molecule has 0 aromatic heterocycles. The number of nitrogens with two attached hydrogens (primary N) is 1. The Balaban J connectivity index is 3.23. The normalized spacial score (nSPS) is 14.2. The molecule has 0 aliphatic rings. The maximum Gasteiger partial charge on any atom is 0.326 e. The highest BCUT2D eigenvalue weighted by Crippen LogP contribution is 2.17. The zero-order valence-corrected chi connectivity index (χ0v) is 13.5. The van der Waals surface area contributed by atoms with Crippen LogP contribution in [-0.2, 0) is 14.8 Å². The van der Waals surface area contributed by atoms with E-state index < -0.39 is 27.9 Å². The Morgan fingerprint density at radius 2 is 1.95 bits per heavy atom. The van der Waals surface area contributed by atoms with Crippen molar-refractivity contribution in [3.63, 3.8) is 0 Å². The number of benzene rings is 1. The Morgan fingerprint density at radius 3 is 2.41 bits per heavy atom. The van der Waals surface area contributed by atoms with E-state index in [9.17, 15) is 23.1 Å². The van der Waals surface area contributed by atoms with Crippen molar-refractivity contribution in [3.8, 4) is 0 Å². The number of primary sulfonamides is 1. The quantitative estimate of drug-likeness (QED) is 0.714. The lowest BCUT2D eigenvalue weighted by atomic mass is 9.99. The molecule has 0 unspecified atom stereocenters.